The van der Waals surface area contributed by atoms with Crippen molar-refractivity contribution in [3.8, 4) is 0 Å². The van der Waals surface area contributed by atoms with Gasteiger partial charge >= 0.3 is 0 Å². The fourth-order valence-corrected chi connectivity index (χ4v) is 3.49. The zero-order valence-corrected chi connectivity index (χ0v) is 12.1. The second-order valence-corrected chi connectivity index (χ2v) is 6.54. The maximum Gasteiger partial charge on any atom is 0.179 e. The first-order chi connectivity index (χ1) is 7.70. The van der Waals surface area contributed by atoms with E-state index in [0.717, 1.165) is 16.8 Å². The first kappa shape index (κ1) is 14.0. The van der Waals surface area contributed by atoms with Crippen molar-refractivity contribution in [3.05, 3.63) is 16.8 Å². The second kappa shape index (κ2) is 4.64. The first-order valence-electron chi connectivity index (χ1n) is 5.59. The van der Waals surface area contributed by atoms with Crippen molar-refractivity contribution in [2.75, 3.05) is 18.6 Å². The maximum absolute atomic E-state index is 11.8. The highest BCUT2D eigenvalue weighted by atomic mass is 32.2. The van der Waals surface area contributed by atoms with E-state index in [4.69, 9.17) is 0 Å². The van der Waals surface area contributed by atoms with Crippen LogP contribution in [0.4, 0.5) is 5.82 Å². The Morgan fingerprint density at radius 2 is 1.76 bits per heavy atom. The fraction of sp³-hybridized carbons (Fsp3) is 0.583. The number of aromatic nitrogens is 1. The van der Waals surface area contributed by atoms with E-state index in [1.165, 1.54) is 6.26 Å². The number of anilines is 1. The minimum Gasteiger partial charge on any atom is -0.372 e. The first-order valence-corrected chi connectivity index (χ1v) is 7.48. The van der Waals surface area contributed by atoms with Crippen molar-refractivity contribution >= 4 is 15.7 Å². The van der Waals surface area contributed by atoms with Crippen LogP contribution in [0, 0.1) is 13.8 Å². The summed E-state index contributed by atoms with van der Waals surface area (Å²) in [7, 11) is -1.59. The van der Waals surface area contributed by atoms with Gasteiger partial charge < -0.3 is 5.32 Å². The fourth-order valence-electron chi connectivity index (χ4n) is 2.32. The standard InChI is InChI=1S/C12H20N2O2S/c1-7(2)10-8(3)11(17(6,15)16)12(13-5)14-9(10)4/h7H,1-6H3,(H,13,14). The van der Waals surface area contributed by atoms with Crippen LogP contribution >= 0.6 is 0 Å². The number of aryl methyl sites for hydroxylation is 1. The van der Waals surface area contributed by atoms with Gasteiger partial charge in [0.05, 0.1) is 0 Å². The molecule has 96 valence electrons. The van der Waals surface area contributed by atoms with E-state index in [0.29, 0.717) is 10.7 Å². The van der Waals surface area contributed by atoms with Crippen LogP contribution in [0.3, 0.4) is 0 Å². The average Bonchev–Trinajstić information content (AvgIpc) is 2.13. The molecule has 0 unspecified atom stereocenters. The van der Waals surface area contributed by atoms with Gasteiger partial charge in [-0.3, -0.25) is 0 Å². The number of hydrogen-bond donors (Lipinski definition) is 1. The molecule has 0 aromatic carbocycles. The minimum atomic E-state index is -3.27. The molecule has 0 saturated carbocycles. The molecule has 0 aliphatic heterocycles. The molecule has 0 amide bonds. The molecule has 1 N–H and O–H groups in total. The molecule has 0 bridgehead atoms. The summed E-state index contributed by atoms with van der Waals surface area (Å²) in [5.74, 6) is 0.695. The third-order valence-electron chi connectivity index (χ3n) is 2.81. The van der Waals surface area contributed by atoms with E-state index < -0.39 is 9.84 Å². The molecule has 0 saturated heterocycles. The van der Waals surface area contributed by atoms with Crippen molar-refractivity contribution in [2.45, 2.75) is 38.5 Å². The van der Waals surface area contributed by atoms with Crippen molar-refractivity contribution in [3.63, 3.8) is 0 Å². The number of nitrogens with zero attached hydrogens (tertiary/aromatic N) is 1. The van der Waals surface area contributed by atoms with Crippen LogP contribution in [-0.2, 0) is 9.84 Å². The Labute approximate surface area is 103 Å². The molecule has 0 spiro atoms. The lowest BCUT2D eigenvalue weighted by molar-refractivity contribution is 0.600. The normalized spacial score (nSPS) is 11.9. The van der Waals surface area contributed by atoms with Gasteiger partial charge in [0.1, 0.15) is 10.7 Å². The third kappa shape index (κ3) is 2.60. The van der Waals surface area contributed by atoms with Gasteiger partial charge in [-0.2, -0.15) is 0 Å². The highest BCUT2D eigenvalue weighted by Gasteiger charge is 2.22. The van der Waals surface area contributed by atoms with E-state index in [2.05, 4.69) is 10.3 Å². The monoisotopic (exact) mass is 256 g/mol. The van der Waals surface area contributed by atoms with Gasteiger partial charge in [0.25, 0.3) is 0 Å². The zero-order valence-electron chi connectivity index (χ0n) is 11.2. The summed E-state index contributed by atoms with van der Waals surface area (Å²) >= 11 is 0. The minimum absolute atomic E-state index is 0.258. The number of nitrogens with one attached hydrogen (secondary N) is 1. The van der Waals surface area contributed by atoms with Crippen molar-refractivity contribution in [1.29, 1.82) is 0 Å². The highest BCUT2D eigenvalue weighted by molar-refractivity contribution is 7.91. The Bertz CT molecular complexity index is 534. The largest absolute Gasteiger partial charge is 0.372 e. The smallest absolute Gasteiger partial charge is 0.179 e. The van der Waals surface area contributed by atoms with E-state index in [1.54, 1.807) is 7.05 Å². The summed E-state index contributed by atoms with van der Waals surface area (Å²) in [6.45, 7) is 7.85. The van der Waals surface area contributed by atoms with Gasteiger partial charge in [-0.15, -0.1) is 0 Å². The quantitative estimate of drug-likeness (QED) is 0.901. The average molecular weight is 256 g/mol. The van der Waals surface area contributed by atoms with E-state index >= 15 is 0 Å². The van der Waals surface area contributed by atoms with Gasteiger partial charge in [-0.25, -0.2) is 13.4 Å². The van der Waals surface area contributed by atoms with E-state index in [1.807, 2.05) is 27.7 Å². The van der Waals surface area contributed by atoms with Gasteiger partial charge in [0.15, 0.2) is 9.84 Å². The third-order valence-corrected chi connectivity index (χ3v) is 4.06. The molecule has 1 rings (SSSR count). The number of pyridine rings is 1. The molecule has 0 fully saturated rings. The lowest BCUT2D eigenvalue weighted by atomic mass is 9.97. The predicted molar refractivity (Wildman–Crippen MR) is 70.5 cm³/mol. The molecule has 0 aliphatic carbocycles. The highest BCUT2D eigenvalue weighted by Crippen LogP contribution is 2.31. The molecule has 4 nitrogen and oxygen atoms in total. The molecule has 1 aromatic rings. The maximum atomic E-state index is 11.8. The second-order valence-electron chi connectivity index (χ2n) is 4.59. The Kier molecular flexibility index (Phi) is 3.81. The van der Waals surface area contributed by atoms with Crippen LogP contribution in [0.1, 0.15) is 36.6 Å². The van der Waals surface area contributed by atoms with Crippen LogP contribution in [0.2, 0.25) is 0 Å². The van der Waals surface area contributed by atoms with E-state index in [-0.39, 0.29) is 5.92 Å². The molecular weight excluding hydrogens is 236 g/mol. The molecule has 0 aliphatic rings. The summed E-state index contributed by atoms with van der Waals surface area (Å²) in [4.78, 5) is 4.66. The molecule has 0 radical (unpaired) electrons. The molecule has 1 aromatic heterocycles. The topological polar surface area (TPSA) is 59.1 Å². The molecule has 17 heavy (non-hydrogen) atoms. The summed E-state index contributed by atoms with van der Waals surface area (Å²) in [6, 6.07) is 0. The zero-order chi connectivity index (χ0) is 13.4. The Hall–Kier alpha value is -1.10. The predicted octanol–water partition coefficient (Wildman–Crippen LogP) is 2.27. The lowest BCUT2D eigenvalue weighted by Gasteiger charge is -2.18. The Morgan fingerprint density at radius 1 is 1.24 bits per heavy atom. The van der Waals surface area contributed by atoms with Crippen LogP contribution in [0.25, 0.3) is 0 Å². The van der Waals surface area contributed by atoms with Gasteiger partial charge in [-0.1, -0.05) is 13.8 Å². The Balaban J connectivity index is 3.75. The summed E-state index contributed by atoms with van der Waals surface area (Å²) in [5, 5.41) is 2.86. The van der Waals surface area contributed by atoms with Crippen molar-refractivity contribution in [2.24, 2.45) is 0 Å². The van der Waals surface area contributed by atoms with Gasteiger partial charge in [-0.05, 0) is 30.9 Å². The summed E-state index contributed by atoms with van der Waals surface area (Å²) in [6.07, 6.45) is 1.22. The Morgan fingerprint density at radius 3 is 2.12 bits per heavy atom. The van der Waals surface area contributed by atoms with Crippen molar-refractivity contribution in [1.82, 2.24) is 4.98 Å². The lowest BCUT2D eigenvalue weighted by Crippen LogP contribution is -2.12. The van der Waals surface area contributed by atoms with Crippen LogP contribution in [0.15, 0.2) is 4.90 Å². The van der Waals surface area contributed by atoms with Crippen LogP contribution < -0.4 is 5.32 Å². The molecule has 1 heterocycles. The molecular formula is C12H20N2O2S. The van der Waals surface area contributed by atoms with Gasteiger partial charge in [0, 0.05) is 19.0 Å². The van der Waals surface area contributed by atoms with Crippen LogP contribution in [0.5, 0.6) is 0 Å². The summed E-state index contributed by atoms with van der Waals surface area (Å²) < 4.78 is 23.7. The SMILES string of the molecule is CNc1nc(C)c(C(C)C)c(C)c1S(C)(=O)=O. The number of hydrogen-bond acceptors (Lipinski definition) is 4. The molecule has 5 heteroatoms. The van der Waals surface area contributed by atoms with Crippen molar-refractivity contribution < 1.29 is 8.42 Å². The van der Waals surface area contributed by atoms with E-state index in [9.17, 15) is 8.42 Å². The van der Waals surface area contributed by atoms with Crippen LogP contribution in [-0.4, -0.2) is 26.7 Å². The summed E-state index contributed by atoms with van der Waals surface area (Å²) in [5.41, 5.74) is 2.71. The van der Waals surface area contributed by atoms with Gasteiger partial charge in [0.2, 0.25) is 0 Å². The molecule has 0 atom stereocenters. The number of rotatable bonds is 3. The number of sulfone groups is 1.